The first kappa shape index (κ1) is 32.7. The number of nitrogens with one attached hydrogen (secondary N) is 1. The first-order chi connectivity index (χ1) is 23.4. The van der Waals surface area contributed by atoms with Crippen LogP contribution in [0, 0.1) is 0 Å². The fraction of sp³-hybridized carbons (Fsp3) is 0.387. The standard InChI is InChI=1S/C31H28ClF3N8O6/c1-16-24-22(30(49-16)8-11-41(12-9-30)28(47)23-19(44)3-2-10-36-23)27(46)43-29(39-26(40-43)17-6-13-48-14-7-17)42(24)15-21(45)37-18-4-5-20(31(33,34)35)38-25(18)32/h2-6,10,16,44H,7-9,11-15H2,1H3,(H,37,45). The lowest BCUT2D eigenvalue weighted by Crippen LogP contribution is -2.47. The summed E-state index contributed by atoms with van der Waals surface area (Å²) in [5.74, 6) is -1.06. The van der Waals surface area contributed by atoms with Crippen molar-refractivity contribution in [3.63, 3.8) is 0 Å². The van der Waals surface area contributed by atoms with E-state index in [1.54, 1.807) is 6.92 Å². The van der Waals surface area contributed by atoms with Gasteiger partial charge < -0.3 is 29.4 Å². The van der Waals surface area contributed by atoms with Crippen molar-refractivity contribution in [2.75, 3.05) is 31.6 Å². The van der Waals surface area contributed by atoms with Gasteiger partial charge in [-0.15, -0.1) is 5.10 Å². The molecule has 3 aliphatic rings. The van der Waals surface area contributed by atoms with E-state index < -0.39 is 52.6 Å². The van der Waals surface area contributed by atoms with Gasteiger partial charge in [0.1, 0.15) is 23.6 Å². The van der Waals surface area contributed by atoms with Crippen LogP contribution in [0.15, 0.2) is 41.3 Å². The minimum atomic E-state index is -4.73. The molecular weight excluding hydrogens is 673 g/mol. The van der Waals surface area contributed by atoms with Crippen molar-refractivity contribution >= 4 is 40.5 Å². The number of anilines is 1. The number of halogens is 4. The van der Waals surface area contributed by atoms with Gasteiger partial charge in [0.05, 0.1) is 36.3 Å². The minimum absolute atomic E-state index is 0.0590. The lowest BCUT2D eigenvalue weighted by atomic mass is 9.85. The molecule has 1 spiro atoms. The number of pyridine rings is 2. The summed E-state index contributed by atoms with van der Waals surface area (Å²) < 4.78 is 53.9. The Morgan fingerprint density at radius 1 is 1.18 bits per heavy atom. The normalized spacial score (nSPS) is 18.8. The third-order valence-electron chi connectivity index (χ3n) is 8.84. The molecule has 0 saturated carbocycles. The van der Waals surface area contributed by atoms with Crippen molar-refractivity contribution < 1.29 is 37.3 Å². The van der Waals surface area contributed by atoms with Crippen LogP contribution in [0.25, 0.3) is 11.4 Å². The quantitative estimate of drug-likeness (QED) is 0.293. The molecule has 1 saturated heterocycles. The molecular formula is C31H28ClF3N8O6. The number of hydrogen-bond donors (Lipinski definition) is 2. The molecule has 1 fully saturated rings. The molecule has 0 aromatic carbocycles. The molecule has 1 atom stereocenters. The van der Waals surface area contributed by atoms with Crippen LogP contribution in [-0.2, 0) is 32.6 Å². The van der Waals surface area contributed by atoms with Gasteiger partial charge in [-0.05, 0) is 56.0 Å². The van der Waals surface area contributed by atoms with Crippen molar-refractivity contribution in [3.8, 4) is 5.75 Å². The second-order valence-electron chi connectivity index (χ2n) is 11.9. The van der Waals surface area contributed by atoms with E-state index in [0.29, 0.717) is 31.4 Å². The SMILES string of the molecule is CC1OC2(CCN(C(=O)c3ncccc3O)CC2)c2c1n(CC(=O)Nc1ccc(C(F)(F)F)nc1Cl)c1nc(C3=CCOCC3)nn1c2=O. The number of piperidine rings is 1. The van der Waals surface area contributed by atoms with E-state index in [-0.39, 0.29) is 60.2 Å². The average molecular weight is 701 g/mol. The van der Waals surface area contributed by atoms with E-state index in [1.165, 1.54) is 27.8 Å². The highest BCUT2D eigenvalue weighted by atomic mass is 35.5. The van der Waals surface area contributed by atoms with Crippen molar-refractivity contribution in [1.82, 2.24) is 34.0 Å². The Bertz CT molecular complexity index is 2090. The molecule has 14 nitrogen and oxygen atoms in total. The Labute approximate surface area is 280 Å². The average Bonchev–Trinajstić information content (AvgIpc) is 3.64. The van der Waals surface area contributed by atoms with Gasteiger partial charge >= 0.3 is 6.18 Å². The van der Waals surface area contributed by atoms with E-state index in [2.05, 4.69) is 25.4 Å². The highest BCUT2D eigenvalue weighted by molar-refractivity contribution is 6.32. The smallest absolute Gasteiger partial charge is 0.433 e. The van der Waals surface area contributed by atoms with Gasteiger partial charge in [-0.25, -0.2) is 9.97 Å². The molecule has 4 aromatic rings. The molecule has 0 bridgehead atoms. The predicted molar refractivity (Wildman–Crippen MR) is 166 cm³/mol. The zero-order valence-electron chi connectivity index (χ0n) is 25.8. The van der Waals surface area contributed by atoms with Gasteiger partial charge in [-0.2, -0.15) is 22.7 Å². The largest absolute Gasteiger partial charge is 0.505 e. The number of likely N-dealkylation sites (tertiary alicyclic amines) is 1. The number of amides is 2. The number of ether oxygens (including phenoxy) is 2. The Morgan fingerprint density at radius 2 is 1.96 bits per heavy atom. The minimum Gasteiger partial charge on any atom is -0.505 e. The Hall–Kier alpha value is -4.87. The van der Waals surface area contributed by atoms with Crippen LogP contribution in [0.5, 0.6) is 5.75 Å². The van der Waals surface area contributed by atoms with E-state index in [9.17, 15) is 32.7 Å². The molecule has 49 heavy (non-hydrogen) atoms. The van der Waals surface area contributed by atoms with Crippen LogP contribution in [0.3, 0.4) is 0 Å². The summed E-state index contributed by atoms with van der Waals surface area (Å²) in [5.41, 5.74) is -1.67. The number of nitrogens with zero attached hydrogens (tertiary/aromatic N) is 7. The summed E-state index contributed by atoms with van der Waals surface area (Å²) in [5, 5.41) is 16.7. The summed E-state index contributed by atoms with van der Waals surface area (Å²) in [7, 11) is 0. The highest BCUT2D eigenvalue weighted by Gasteiger charge is 2.50. The number of carbonyl (C=O) groups excluding carboxylic acids is 2. The second kappa shape index (κ2) is 12.2. The fourth-order valence-electron chi connectivity index (χ4n) is 6.57. The molecule has 2 N–H and O–H groups in total. The van der Waals surface area contributed by atoms with Gasteiger partial charge in [-0.3, -0.25) is 14.4 Å². The fourth-order valence-corrected chi connectivity index (χ4v) is 6.77. The topological polar surface area (TPSA) is 166 Å². The van der Waals surface area contributed by atoms with Gasteiger partial charge in [0, 0.05) is 19.3 Å². The number of carbonyl (C=O) groups is 2. The third-order valence-corrected chi connectivity index (χ3v) is 9.13. The monoisotopic (exact) mass is 700 g/mol. The molecule has 4 aromatic heterocycles. The number of alkyl halides is 3. The molecule has 7 heterocycles. The molecule has 18 heteroatoms. The van der Waals surface area contributed by atoms with Crippen LogP contribution in [-0.4, -0.2) is 77.3 Å². The number of fused-ring (bicyclic) bond motifs is 3. The highest BCUT2D eigenvalue weighted by Crippen LogP contribution is 2.48. The number of hydrogen-bond acceptors (Lipinski definition) is 10. The van der Waals surface area contributed by atoms with Gasteiger partial charge in [0.15, 0.2) is 16.7 Å². The van der Waals surface area contributed by atoms with Crippen LogP contribution in [0.4, 0.5) is 18.9 Å². The predicted octanol–water partition coefficient (Wildman–Crippen LogP) is 3.72. The maximum Gasteiger partial charge on any atom is 0.433 e. The van der Waals surface area contributed by atoms with Crippen molar-refractivity contribution in [1.29, 1.82) is 0 Å². The third kappa shape index (κ3) is 5.80. The first-order valence-corrected chi connectivity index (χ1v) is 15.7. The van der Waals surface area contributed by atoms with E-state index in [4.69, 9.17) is 21.1 Å². The van der Waals surface area contributed by atoms with Crippen LogP contribution < -0.4 is 10.9 Å². The summed E-state index contributed by atoms with van der Waals surface area (Å²) >= 11 is 6.00. The van der Waals surface area contributed by atoms with Gasteiger partial charge in [-0.1, -0.05) is 17.7 Å². The van der Waals surface area contributed by atoms with Gasteiger partial charge in [0.2, 0.25) is 11.7 Å². The van der Waals surface area contributed by atoms with Crippen molar-refractivity contribution in [3.05, 3.63) is 80.5 Å². The van der Waals surface area contributed by atoms with Crippen LogP contribution in [0.1, 0.15) is 65.6 Å². The zero-order valence-corrected chi connectivity index (χ0v) is 26.6. The number of aromatic nitrogens is 6. The molecule has 3 aliphatic heterocycles. The van der Waals surface area contributed by atoms with Crippen LogP contribution in [0.2, 0.25) is 5.15 Å². The molecule has 1 unspecified atom stereocenters. The zero-order chi connectivity index (χ0) is 34.7. The molecule has 0 radical (unpaired) electrons. The molecule has 7 rings (SSSR count). The summed E-state index contributed by atoms with van der Waals surface area (Å²) in [6.45, 7) is 2.43. The van der Waals surface area contributed by atoms with E-state index in [0.717, 1.165) is 16.2 Å². The van der Waals surface area contributed by atoms with Gasteiger partial charge in [0.25, 0.3) is 11.5 Å². The number of aromatic hydroxyl groups is 1. The second-order valence-corrected chi connectivity index (χ2v) is 12.2. The van der Waals surface area contributed by atoms with Crippen LogP contribution >= 0.6 is 11.6 Å². The van der Waals surface area contributed by atoms with Crippen molar-refractivity contribution in [2.24, 2.45) is 0 Å². The summed E-state index contributed by atoms with van der Waals surface area (Å²) in [6.07, 6.45) is -1.28. The maximum atomic E-state index is 14.3. The van der Waals surface area contributed by atoms with E-state index in [1.807, 2.05) is 6.08 Å². The molecule has 0 aliphatic carbocycles. The lowest BCUT2D eigenvalue weighted by molar-refractivity contribution is -0.141. The first-order valence-electron chi connectivity index (χ1n) is 15.3. The van der Waals surface area contributed by atoms with Crippen molar-refractivity contribution in [2.45, 2.75) is 50.6 Å². The summed E-state index contributed by atoms with van der Waals surface area (Å²) in [4.78, 5) is 54.5. The lowest BCUT2D eigenvalue weighted by Gasteiger charge is -2.39. The van der Waals surface area contributed by atoms with E-state index >= 15 is 0 Å². The summed E-state index contributed by atoms with van der Waals surface area (Å²) in [6, 6.07) is 4.60. The molecule has 256 valence electrons. The number of rotatable bonds is 5. The maximum absolute atomic E-state index is 14.3. The Morgan fingerprint density at radius 3 is 2.63 bits per heavy atom. The Balaban J connectivity index is 1.26. The molecule has 2 amide bonds. The Kier molecular flexibility index (Phi) is 8.15.